The lowest BCUT2D eigenvalue weighted by atomic mass is 10.00. The number of ketones is 1. The number of carbonyl (C=O) groups excluding carboxylic acids is 1. The molecular formula is C14H18N2OS. The van der Waals surface area contributed by atoms with Crippen LogP contribution in [0.3, 0.4) is 0 Å². The average molecular weight is 262 g/mol. The highest BCUT2D eigenvalue weighted by Crippen LogP contribution is 2.22. The zero-order valence-corrected chi connectivity index (χ0v) is 11.5. The van der Waals surface area contributed by atoms with E-state index in [2.05, 4.69) is 18.8 Å². The van der Waals surface area contributed by atoms with Crippen LogP contribution in [0.2, 0.25) is 0 Å². The Kier molecular flexibility index (Phi) is 4.09. The van der Waals surface area contributed by atoms with Gasteiger partial charge in [-0.05, 0) is 24.5 Å². The van der Waals surface area contributed by atoms with E-state index in [4.69, 9.17) is 5.73 Å². The van der Waals surface area contributed by atoms with Gasteiger partial charge in [-0.15, -0.1) is 11.3 Å². The molecule has 1 aromatic heterocycles. The van der Waals surface area contributed by atoms with Crippen molar-refractivity contribution in [1.29, 1.82) is 0 Å². The van der Waals surface area contributed by atoms with E-state index in [1.165, 1.54) is 0 Å². The SMILES string of the molecule is CC(C)CC(N)C(=O)Cc1nc2ccccc2s1. The molecule has 1 heterocycles. The maximum atomic E-state index is 12.0. The van der Waals surface area contributed by atoms with Crippen molar-refractivity contribution < 1.29 is 4.79 Å². The van der Waals surface area contributed by atoms with Crippen LogP contribution in [0.4, 0.5) is 0 Å². The number of nitrogens with zero attached hydrogens (tertiary/aromatic N) is 1. The standard InChI is InChI=1S/C14H18N2OS/c1-9(2)7-10(15)12(17)8-14-16-11-5-3-4-6-13(11)18-14/h3-6,9-10H,7-8,15H2,1-2H3. The lowest BCUT2D eigenvalue weighted by molar-refractivity contribution is -0.120. The number of Topliss-reactive ketones (excluding diaryl/α,β-unsaturated/α-hetero) is 1. The Morgan fingerprint density at radius 1 is 1.39 bits per heavy atom. The van der Waals surface area contributed by atoms with Gasteiger partial charge in [-0.3, -0.25) is 4.79 Å². The fourth-order valence-electron chi connectivity index (χ4n) is 1.91. The molecule has 0 spiro atoms. The van der Waals surface area contributed by atoms with E-state index in [-0.39, 0.29) is 11.8 Å². The normalized spacial score (nSPS) is 13.1. The van der Waals surface area contributed by atoms with Gasteiger partial charge in [0.2, 0.25) is 0 Å². The van der Waals surface area contributed by atoms with Crippen LogP contribution in [-0.2, 0) is 11.2 Å². The largest absolute Gasteiger partial charge is 0.321 e. The lowest BCUT2D eigenvalue weighted by Gasteiger charge is -2.11. The zero-order valence-electron chi connectivity index (χ0n) is 10.7. The van der Waals surface area contributed by atoms with Crippen LogP contribution in [0.25, 0.3) is 10.2 Å². The molecule has 0 aliphatic heterocycles. The monoisotopic (exact) mass is 262 g/mol. The average Bonchev–Trinajstić information content (AvgIpc) is 2.69. The molecule has 2 aromatic rings. The van der Waals surface area contributed by atoms with Crippen LogP contribution in [0, 0.1) is 5.92 Å². The first kappa shape index (κ1) is 13.2. The van der Waals surface area contributed by atoms with Crippen LogP contribution in [0.5, 0.6) is 0 Å². The van der Waals surface area contributed by atoms with Gasteiger partial charge in [-0.2, -0.15) is 0 Å². The molecule has 0 saturated heterocycles. The molecule has 4 heteroatoms. The number of hydrogen-bond donors (Lipinski definition) is 1. The molecule has 2 rings (SSSR count). The topological polar surface area (TPSA) is 56.0 Å². The molecule has 18 heavy (non-hydrogen) atoms. The Morgan fingerprint density at radius 2 is 2.11 bits per heavy atom. The Bertz CT molecular complexity index is 514. The van der Waals surface area contributed by atoms with Gasteiger partial charge < -0.3 is 5.73 Å². The maximum absolute atomic E-state index is 12.0. The van der Waals surface area contributed by atoms with Gasteiger partial charge in [-0.1, -0.05) is 26.0 Å². The second-order valence-electron chi connectivity index (χ2n) is 4.95. The number of nitrogens with two attached hydrogens (primary N) is 1. The summed E-state index contributed by atoms with van der Waals surface area (Å²) in [5.41, 5.74) is 6.85. The fraction of sp³-hybridized carbons (Fsp3) is 0.429. The van der Waals surface area contributed by atoms with Gasteiger partial charge in [0.25, 0.3) is 0 Å². The van der Waals surface area contributed by atoms with Crippen LogP contribution >= 0.6 is 11.3 Å². The summed E-state index contributed by atoms with van der Waals surface area (Å²) in [6.07, 6.45) is 1.09. The minimum Gasteiger partial charge on any atom is -0.321 e. The summed E-state index contributed by atoms with van der Waals surface area (Å²) < 4.78 is 1.12. The number of hydrogen-bond acceptors (Lipinski definition) is 4. The third-order valence-corrected chi connectivity index (χ3v) is 3.84. The van der Waals surface area contributed by atoms with Crippen molar-refractivity contribution in [2.75, 3.05) is 0 Å². The van der Waals surface area contributed by atoms with Crippen molar-refractivity contribution in [3.8, 4) is 0 Å². The Balaban J connectivity index is 2.06. The number of thiazole rings is 1. The summed E-state index contributed by atoms with van der Waals surface area (Å²) >= 11 is 1.57. The fourth-order valence-corrected chi connectivity index (χ4v) is 2.89. The molecule has 2 N–H and O–H groups in total. The quantitative estimate of drug-likeness (QED) is 0.901. The van der Waals surface area contributed by atoms with Crippen LogP contribution < -0.4 is 5.73 Å². The summed E-state index contributed by atoms with van der Waals surface area (Å²) in [6.45, 7) is 4.15. The Morgan fingerprint density at radius 3 is 2.78 bits per heavy atom. The number of carbonyl (C=O) groups is 1. The molecule has 1 atom stereocenters. The molecule has 0 radical (unpaired) electrons. The Labute approximate surface area is 111 Å². The molecule has 0 saturated carbocycles. The summed E-state index contributed by atoms with van der Waals surface area (Å²) in [7, 11) is 0. The van der Waals surface area contributed by atoms with Crippen molar-refractivity contribution in [1.82, 2.24) is 4.98 Å². The number of benzene rings is 1. The van der Waals surface area contributed by atoms with Crippen molar-refractivity contribution in [2.24, 2.45) is 11.7 Å². The second kappa shape index (κ2) is 5.59. The van der Waals surface area contributed by atoms with Gasteiger partial charge in [0, 0.05) is 0 Å². The number of para-hydroxylation sites is 1. The van der Waals surface area contributed by atoms with Crippen molar-refractivity contribution >= 4 is 27.3 Å². The van der Waals surface area contributed by atoms with Crippen molar-refractivity contribution in [3.05, 3.63) is 29.3 Å². The van der Waals surface area contributed by atoms with E-state index in [1.807, 2.05) is 24.3 Å². The predicted octanol–water partition coefficient (Wildman–Crippen LogP) is 2.78. The van der Waals surface area contributed by atoms with Gasteiger partial charge in [-0.25, -0.2) is 4.98 Å². The third-order valence-electron chi connectivity index (χ3n) is 2.80. The molecular weight excluding hydrogens is 244 g/mol. The first-order chi connectivity index (χ1) is 8.56. The number of aromatic nitrogens is 1. The van der Waals surface area contributed by atoms with Crippen molar-refractivity contribution in [2.45, 2.75) is 32.7 Å². The van der Waals surface area contributed by atoms with Gasteiger partial charge in [0.1, 0.15) is 5.01 Å². The first-order valence-electron chi connectivity index (χ1n) is 6.19. The third kappa shape index (κ3) is 3.15. The van der Waals surface area contributed by atoms with E-state index in [1.54, 1.807) is 11.3 Å². The molecule has 0 aliphatic carbocycles. The molecule has 0 bridgehead atoms. The highest BCUT2D eigenvalue weighted by molar-refractivity contribution is 7.18. The molecule has 0 aliphatic rings. The Hall–Kier alpha value is -1.26. The minimum atomic E-state index is -0.364. The van der Waals surface area contributed by atoms with E-state index in [9.17, 15) is 4.79 Å². The van der Waals surface area contributed by atoms with Gasteiger partial charge >= 0.3 is 0 Å². The van der Waals surface area contributed by atoms with Gasteiger partial charge in [0.15, 0.2) is 5.78 Å². The number of fused-ring (bicyclic) bond motifs is 1. The minimum absolute atomic E-state index is 0.0859. The second-order valence-corrected chi connectivity index (χ2v) is 6.07. The molecule has 1 unspecified atom stereocenters. The highest BCUT2D eigenvalue weighted by atomic mass is 32.1. The van der Waals surface area contributed by atoms with Crippen LogP contribution in [0.15, 0.2) is 24.3 Å². The molecule has 1 aromatic carbocycles. The molecule has 0 fully saturated rings. The van der Waals surface area contributed by atoms with E-state index < -0.39 is 0 Å². The molecule has 0 amide bonds. The first-order valence-corrected chi connectivity index (χ1v) is 7.00. The highest BCUT2D eigenvalue weighted by Gasteiger charge is 2.17. The van der Waals surface area contributed by atoms with Gasteiger partial charge in [0.05, 0.1) is 22.7 Å². The van der Waals surface area contributed by atoms with Crippen LogP contribution in [0.1, 0.15) is 25.3 Å². The van der Waals surface area contributed by atoms with E-state index in [0.29, 0.717) is 12.3 Å². The van der Waals surface area contributed by atoms with Crippen LogP contribution in [-0.4, -0.2) is 16.8 Å². The maximum Gasteiger partial charge on any atom is 0.156 e. The summed E-state index contributed by atoms with van der Waals surface area (Å²) in [4.78, 5) is 16.4. The summed E-state index contributed by atoms with van der Waals surface area (Å²) in [6, 6.07) is 7.56. The predicted molar refractivity (Wildman–Crippen MR) is 75.8 cm³/mol. The van der Waals surface area contributed by atoms with Crippen molar-refractivity contribution in [3.63, 3.8) is 0 Å². The lowest BCUT2D eigenvalue weighted by Crippen LogP contribution is -2.33. The zero-order chi connectivity index (χ0) is 13.1. The molecule has 3 nitrogen and oxygen atoms in total. The number of rotatable bonds is 5. The summed E-state index contributed by atoms with van der Waals surface area (Å²) in [5, 5.41) is 0.861. The van der Waals surface area contributed by atoms with E-state index >= 15 is 0 Å². The van der Waals surface area contributed by atoms with E-state index in [0.717, 1.165) is 21.6 Å². The smallest absolute Gasteiger partial charge is 0.156 e. The molecule has 96 valence electrons. The summed E-state index contributed by atoms with van der Waals surface area (Å²) in [5.74, 6) is 0.530.